The van der Waals surface area contributed by atoms with E-state index in [-0.39, 0.29) is 5.82 Å². The van der Waals surface area contributed by atoms with E-state index in [9.17, 15) is 4.39 Å². The van der Waals surface area contributed by atoms with E-state index in [0.29, 0.717) is 0 Å². The highest BCUT2D eigenvalue weighted by molar-refractivity contribution is 7.80. The first-order valence-corrected chi connectivity index (χ1v) is 7.42. The van der Waals surface area contributed by atoms with Gasteiger partial charge in [0, 0.05) is 22.2 Å². The van der Waals surface area contributed by atoms with Gasteiger partial charge in [-0.3, -0.25) is 0 Å². The Bertz CT molecular complexity index is 747. The minimum Gasteiger partial charge on any atom is -0.244 e. The van der Waals surface area contributed by atoms with E-state index >= 15 is 0 Å². The van der Waals surface area contributed by atoms with E-state index in [4.69, 9.17) is 0 Å². The zero-order valence-corrected chi connectivity index (χ0v) is 12.5. The Kier molecular flexibility index (Phi) is 3.59. The molecule has 1 heterocycles. The van der Waals surface area contributed by atoms with Gasteiger partial charge in [-0.2, -0.15) is 0 Å². The summed E-state index contributed by atoms with van der Waals surface area (Å²) in [4.78, 5) is 6.47. The standard InChI is InChI=1S/C16H12FNS2/c1-10-3-2-4-13(15(10)19)14-9-18-16(20-14)11-5-7-12(17)8-6-11/h2-9,19H,1H3. The molecule has 0 saturated carbocycles. The van der Waals surface area contributed by atoms with Gasteiger partial charge in [-0.25, -0.2) is 9.37 Å². The zero-order chi connectivity index (χ0) is 14.1. The summed E-state index contributed by atoms with van der Waals surface area (Å²) in [6, 6.07) is 12.5. The molecular weight excluding hydrogens is 289 g/mol. The summed E-state index contributed by atoms with van der Waals surface area (Å²) in [5, 5.41) is 0.884. The summed E-state index contributed by atoms with van der Waals surface area (Å²) in [7, 11) is 0. The number of hydrogen-bond donors (Lipinski definition) is 1. The van der Waals surface area contributed by atoms with Gasteiger partial charge in [-0.1, -0.05) is 18.2 Å². The first-order valence-electron chi connectivity index (χ1n) is 6.16. The molecule has 0 unspecified atom stereocenters. The van der Waals surface area contributed by atoms with Crippen LogP contribution in [0.3, 0.4) is 0 Å². The van der Waals surface area contributed by atoms with E-state index in [1.807, 2.05) is 31.3 Å². The van der Waals surface area contributed by atoms with Crippen LogP contribution in [-0.2, 0) is 0 Å². The van der Waals surface area contributed by atoms with Crippen LogP contribution in [0.5, 0.6) is 0 Å². The highest BCUT2D eigenvalue weighted by Crippen LogP contribution is 2.36. The minimum atomic E-state index is -0.234. The summed E-state index contributed by atoms with van der Waals surface area (Å²) >= 11 is 6.15. The van der Waals surface area contributed by atoms with Crippen molar-refractivity contribution in [2.24, 2.45) is 0 Å². The molecule has 0 fully saturated rings. The molecule has 20 heavy (non-hydrogen) atoms. The number of thiazole rings is 1. The first-order chi connectivity index (χ1) is 9.65. The highest BCUT2D eigenvalue weighted by atomic mass is 32.1. The Morgan fingerprint density at radius 3 is 2.60 bits per heavy atom. The SMILES string of the molecule is Cc1cccc(-c2cnc(-c3ccc(F)cc3)s2)c1S. The number of hydrogen-bond acceptors (Lipinski definition) is 3. The van der Waals surface area contributed by atoms with Crippen molar-refractivity contribution in [2.45, 2.75) is 11.8 Å². The van der Waals surface area contributed by atoms with Gasteiger partial charge >= 0.3 is 0 Å². The van der Waals surface area contributed by atoms with E-state index in [0.717, 1.165) is 31.5 Å². The van der Waals surface area contributed by atoms with Crippen LogP contribution in [0.4, 0.5) is 4.39 Å². The van der Waals surface area contributed by atoms with Gasteiger partial charge in [-0.15, -0.1) is 24.0 Å². The Morgan fingerprint density at radius 1 is 1.10 bits per heavy atom. The second-order valence-electron chi connectivity index (χ2n) is 4.51. The molecule has 3 aromatic rings. The molecule has 0 N–H and O–H groups in total. The molecule has 0 aliphatic rings. The van der Waals surface area contributed by atoms with Crippen molar-refractivity contribution in [3.63, 3.8) is 0 Å². The molecular formula is C16H12FNS2. The fraction of sp³-hybridized carbons (Fsp3) is 0.0625. The molecule has 0 aliphatic heterocycles. The Morgan fingerprint density at radius 2 is 1.85 bits per heavy atom. The number of aromatic nitrogens is 1. The fourth-order valence-corrected chi connectivity index (χ4v) is 3.28. The summed E-state index contributed by atoms with van der Waals surface area (Å²) in [5.41, 5.74) is 3.15. The number of halogens is 1. The van der Waals surface area contributed by atoms with Gasteiger partial charge in [-0.05, 0) is 36.8 Å². The largest absolute Gasteiger partial charge is 0.244 e. The smallest absolute Gasteiger partial charge is 0.123 e. The molecule has 100 valence electrons. The molecule has 0 bridgehead atoms. The predicted octanol–water partition coefficient (Wildman–Crippen LogP) is 5.21. The number of nitrogens with zero attached hydrogens (tertiary/aromatic N) is 1. The van der Waals surface area contributed by atoms with Crippen LogP contribution in [-0.4, -0.2) is 4.98 Å². The fourth-order valence-electron chi connectivity index (χ4n) is 1.98. The number of benzene rings is 2. The Labute approximate surface area is 126 Å². The topological polar surface area (TPSA) is 12.9 Å². The quantitative estimate of drug-likeness (QED) is 0.641. The average Bonchev–Trinajstić information content (AvgIpc) is 2.92. The number of thiol groups is 1. The summed E-state index contributed by atoms with van der Waals surface area (Å²) < 4.78 is 12.9. The van der Waals surface area contributed by atoms with Crippen molar-refractivity contribution < 1.29 is 4.39 Å². The molecule has 1 aromatic heterocycles. The van der Waals surface area contributed by atoms with E-state index in [2.05, 4.69) is 17.6 Å². The van der Waals surface area contributed by atoms with E-state index in [1.165, 1.54) is 12.1 Å². The van der Waals surface area contributed by atoms with Crippen LogP contribution in [0.25, 0.3) is 21.0 Å². The molecule has 0 amide bonds. The second kappa shape index (κ2) is 5.38. The van der Waals surface area contributed by atoms with Crippen molar-refractivity contribution in [3.05, 3.63) is 60.0 Å². The van der Waals surface area contributed by atoms with Crippen molar-refractivity contribution in [1.82, 2.24) is 4.98 Å². The van der Waals surface area contributed by atoms with Crippen molar-refractivity contribution in [2.75, 3.05) is 0 Å². The monoisotopic (exact) mass is 301 g/mol. The van der Waals surface area contributed by atoms with E-state index in [1.54, 1.807) is 23.5 Å². The lowest BCUT2D eigenvalue weighted by atomic mass is 10.1. The molecule has 4 heteroatoms. The lowest BCUT2D eigenvalue weighted by Gasteiger charge is -2.04. The maximum absolute atomic E-state index is 12.9. The molecule has 0 radical (unpaired) electrons. The number of rotatable bonds is 2. The van der Waals surface area contributed by atoms with Gasteiger partial charge in [0.2, 0.25) is 0 Å². The molecule has 0 spiro atoms. The molecule has 1 nitrogen and oxygen atoms in total. The third-order valence-corrected chi connectivity index (χ3v) is 4.77. The Balaban J connectivity index is 2.02. The molecule has 0 saturated heterocycles. The minimum absolute atomic E-state index is 0.234. The van der Waals surface area contributed by atoms with Crippen LogP contribution in [0, 0.1) is 12.7 Å². The highest BCUT2D eigenvalue weighted by Gasteiger charge is 2.10. The first kappa shape index (κ1) is 13.3. The predicted molar refractivity (Wildman–Crippen MR) is 84.9 cm³/mol. The van der Waals surface area contributed by atoms with Crippen molar-refractivity contribution in [1.29, 1.82) is 0 Å². The molecule has 3 rings (SSSR count). The van der Waals surface area contributed by atoms with Gasteiger partial charge < -0.3 is 0 Å². The lowest BCUT2D eigenvalue weighted by molar-refractivity contribution is 0.628. The number of aryl methyl sites for hydroxylation is 1. The molecule has 0 atom stereocenters. The van der Waals surface area contributed by atoms with Crippen molar-refractivity contribution >= 4 is 24.0 Å². The van der Waals surface area contributed by atoms with Crippen LogP contribution in [0.2, 0.25) is 0 Å². The van der Waals surface area contributed by atoms with Gasteiger partial charge in [0.05, 0.1) is 4.88 Å². The van der Waals surface area contributed by atoms with Crippen LogP contribution in [0.15, 0.2) is 53.6 Å². The maximum atomic E-state index is 12.9. The van der Waals surface area contributed by atoms with Crippen LogP contribution in [0.1, 0.15) is 5.56 Å². The third kappa shape index (κ3) is 2.49. The van der Waals surface area contributed by atoms with Crippen LogP contribution >= 0.6 is 24.0 Å². The summed E-state index contributed by atoms with van der Waals surface area (Å²) in [5.74, 6) is -0.234. The average molecular weight is 301 g/mol. The lowest BCUT2D eigenvalue weighted by Crippen LogP contribution is -1.80. The molecule has 0 aliphatic carbocycles. The van der Waals surface area contributed by atoms with Gasteiger partial charge in [0.15, 0.2) is 0 Å². The summed E-state index contributed by atoms with van der Waals surface area (Å²) in [6.45, 7) is 2.04. The van der Waals surface area contributed by atoms with Gasteiger partial charge in [0.1, 0.15) is 10.8 Å². The maximum Gasteiger partial charge on any atom is 0.123 e. The van der Waals surface area contributed by atoms with E-state index < -0.39 is 0 Å². The molecule has 2 aromatic carbocycles. The van der Waals surface area contributed by atoms with Crippen molar-refractivity contribution in [3.8, 4) is 21.0 Å². The second-order valence-corrected chi connectivity index (χ2v) is 5.99. The third-order valence-electron chi connectivity index (χ3n) is 3.10. The van der Waals surface area contributed by atoms with Gasteiger partial charge in [0.25, 0.3) is 0 Å². The zero-order valence-electron chi connectivity index (χ0n) is 10.8. The normalized spacial score (nSPS) is 10.8. The Hall–Kier alpha value is -1.65. The summed E-state index contributed by atoms with van der Waals surface area (Å²) in [6.07, 6.45) is 1.85. The van der Waals surface area contributed by atoms with Crippen LogP contribution < -0.4 is 0 Å².